The molecule has 0 heterocycles. The molecule has 0 spiro atoms. The lowest BCUT2D eigenvalue weighted by Crippen LogP contribution is -2.20. The summed E-state index contributed by atoms with van der Waals surface area (Å²) in [6.45, 7) is 0.304. The van der Waals surface area contributed by atoms with Crippen molar-refractivity contribution in [2.75, 3.05) is 13.7 Å². The minimum Gasteiger partial charge on any atom is -0.486 e. The van der Waals surface area contributed by atoms with Gasteiger partial charge in [-0.2, -0.15) is 0 Å². The SMILES string of the molecule is CN=C(N)COc1ccc(Cl)cc1. The molecule has 0 aliphatic carbocycles. The van der Waals surface area contributed by atoms with E-state index in [2.05, 4.69) is 4.99 Å². The Balaban J connectivity index is 2.51. The van der Waals surface area contributed by atoms with Crippen LogP contribution in [0.25, 0.3) is 0 Å². The topological polar surface area (TPSA) is 47.6 Å². The van der Waals surface area contributed by atoms with Gasteiger partial charge in [0.15, 0.2) is 0 Å². The standard InChI is InChI=1S/C9H11ClN2O/c1-12-9(11)6-13-8-4-2-7(10)3-5-8/h2-5H,6H2,1H3,(H2,11,12). The number of hydrogen-bond donors (Lipinski definition) is 1. The normalized spacial score (nSPS) is 11.4. The molecule has 0 aromatic heterocycles. The Labute approximate surface area is 82.2 Å². The molecular formula is C9H11ClN2O. The first kappa shape index (κ1) is 9.86. The van der Waals surface area contributed by atoms with E-state index >= 15 is 0 Å². The number of amidine groups is 1. The highest BCUT2D eigenvalue weighted by Gasteiger charge is 1.94. The molecule has 0 fully saturated rings. The average molecular weight is 199 g/mol. The summed E-state index contributed by atoms with van der Waals surface area (Å²) in [6.07, 6.45) is 0. The monoisotopic (exact) mass is 198 g/mol. The van der Waals surface area contributed by atoms with E-state index in [0.29, 0.717) is 17.5 Å². The maximum absolute atomic E-state index is 5.70. The number of nitrogens with two attached hydrogens (primary N) is 1. The fraction of sp³-hybridized carbons (Fsp3) is 0.222. The molecule has 13 heavy (non-hydrogen) atoms. The molecule has 1 rings (SSSR count). The largest absolute Gasteiger partial charge is 0.486 e. The molecule has 0 atom stereocenters. The highest BCUT2D eigenvalue weighted by atomic mass is 35.5. The van der Waals surface area contributed by atoms with Crippen LogP contribution in [0.4, 0.5) is 0 Å². The second kappa shape index (κ2) is 4.72. The summed E-state index contributed by atoms with van der Waals surface area (Å²) < 4.78 is 5.30. The van der Waals surface area contributed by atoms with Gasteiger partial charge in [-0.05, 0) is 24.3 Å². The van der Waals surface area contributed by atoms with Crippen molar-refractivity contribution in [1.82, 2.24) is 0 Å². The van der Waals surface area contributed by atoms with E-state index in [9.17, 15) is 0 Å². The smallest absolute Gasteiger partial charge is 0.145 e. The third kappa shape index (κ3) is 3.34. The third-order valence-corrected chi connectivity index (χ3v) is 1.74. The van der Waals surface area contributed by atoms with Gasteiger partial charge in [0.05, 0.1) is 0 Å². The van der Waals surface area contributed by atoms with E-state index in [-0.39, 0.29) is 0 Å². The summed E-state index contributed by atoms with van der Waals surface area (Å²) in [6, 6.07) is 7.09. The molecule has 70 valence electrons. The number of nitrogens with zero attached hydrogens (tertiary/aromatic N) is 1. The highest BCUT2D eigenvalue weighted by Crippen LogP contribution is 2.15. The Morgan fingerprint density at radius 2 is 2.08 bits per heavy atom. The highest BCUT2D eigenvalue weighted by molar-refractivity contribution is 6.30. The summed E-state index contributed by atoms with van der Waals surface area (Å²) in [5, 5.41) is 0.685. The van der Waals surface area contributed by atoms with Crippen LogP contribution in [0.5, 0.6) is 5.75 Å². The lowest BCUT2D eigenvalue weighted by atomic mass is 10.3. The minimum atomic E-state index is 0.304. The van der Waals surface area contributed by atoms with Crippen molar-refractivity contribution in [1.29, 1.82) is 0 Å². The molecule has 2 N–H and O–H groups in total. The van der Waals surface area contributed by atoms with E-state index in [4.69, 9.17) is 22.1 Å². The number of hydrogen-bond acceptors (Lipinski definition) is 2. The Kier molecular flexibility index (Phi) is 3.58. The minimum absolute atomic E-state index is 0.304. The van der Waals surface area contributed by atoms with Gasteiger partial charge in [-0.15, -0.1) is 0 Å². The molecule has 1 aromatic carbocycles. The predicted molar refractivity (Wildman–Crippen MR) is 54.5 cm³/mol. The van der Waals surface area contributed by atoms with Gasteiger partial charge in [-0.1, -0.05) is 11.6 Å². The molecule has 0 saturated carbocycles. The zero-order valence-corrected chi connectivity index (χ0v) is 8.08. The molecule has 0 bridgehead atoms. The molecule has 0 amide bonds. The molecule has 0 aliphatic heterocycles. The van der Waals surface area contributed by atoms with Crippen molar-refractivity contribution < 1.29 is 4.74 Å². The van der Waals surface area contributed by atoms with Gasteiger partial charge in [0.2, 0.25) is 0 Å². The van der Waals surface area contributed by atoms with Crippen LogP contribution in [0.2, 0.25) is 5.02 Å². The van der Waals surface area contributed by atoms with Gasteiger partial charge < -0.3 is 10.5 Å². The summed E-state index contributed by atoms with van der Waals surface area (Å²) in [7, 11) is 1.63. The van der Waals surface area contributed by atoms with Crippen LogP contribution in [0.1, 0.15) is 0 Å². The van der Waals surface area contributed by atoms with E-state index in [0.717, 1.165) is 5.75 Å². The number of rotatable bonds is 3. The van der Waals surface area contributed by atoms with Crippen molar-refractivity contribution in [2.24, 2.45) is 10.7 Å². The van der Waals surface area contributed by atoms with Crippen LogP contribution in [0.3, 0.4) is 0 Å². The van der Waals surface area contributed by atoms with E-state index in [1.54, 1.807) is 31.3 Å². The molecule has 0 unspecified atom stereocenters. The molecule has 3 nitrogen and oxygen atoms in total. The van der Waals surface area contributed by atoms with E-state index < -0.39 is 0 Å². The van der Waals surface area contributed by atoms with Crippen molar-refractivity contribution in [3.05, 3.63) is 29.3 Å². The summed E-state index contributed by atoms with van der Waals surface area (Å²) >= 11 is 5.70. The van der Waals surface area contributed by atoms with Crippen molar-refractivity contribution in [3.8, 4) is 5.75 Å². The molecule has 4 heteroatoms. The second-order valence-corrected chi connectivity index (χ2v) is 2.89. The molecule has 0 radical (unpaired) electrons. The number of ether oxygens (including phenoxy) is 1. The number of halogens is 1. The van der Waals surface area contributed by atoms with Gasteiger partial charge in [0, 0.05) is 12.1 Å². The summed E-state index contributed by atoms with van der Waals surface area (Å²) in [4.78, 5) is 3.76. The Hall–Kier alpha value is -1.22. The van der Waals surface area contributed by atoms with Crippen LogP contribution >= 0.6 is 11.6 Å². The lowest BCUT2D eigenvalue weighted by Gasteiger charge is -2.04. The number of aliphatic imine (C=N–C) groups is 1. The molecule has 0 aliphatic rings. The second-order valence-electron chi connectivity index (χ2n) is 2.46. The molecular weight excluding hydrogens is 188 g/mol. The first-order valence-electron chi connectivity index (χ1n) is 3.82. The van der Waals surface area contributed by atoms with Crippen LogP contribution in [-0.4, -0.2) is 19.5 Å². The zero-order valence-electron chi connectivity index (χ0n) is 7.33. The summed E-state index contributed by atoms with van der Waals surface area (Å²) in [5.74, 6) is 1.20. The van der Waals surface area contributed by atoms with Crippen LogP contribution < -0.4 is 10.5 Å². The summed E-state index contributed by atoms with van der Waals surface area (Å²) in [5.41, 5.74) is 5.45. The van der Waals surface area contributed by atoms with Gasteiger partial charge in [0.1, 0.15) is 18.2 Å². The fourth-order valence-electron chi connectivity index (χ4n) is 0.753. The van der Waals surface area contributed by atoms with Gasteiger partial charge >= 0.3 is 0 Å². The Bertz CT molecular complexity index is 295. The van der Waals surface area contributed by atoms with Crippen molar-refractivity contribution in [3.63, 3.8) is 0 Å². The average Bonchev–Trinajstić information content (AvgIpc) is 2.16. The Morgan fingerprint density at radius 3 is 2.62 bits per heavy atom. The van der Waals surface area contributed by atoms with E-state index in [1.807, 2.05) is 0 Å². The first-order chi connectivity index (χ1) is 6.22. The van der Waals surface area contributed by atoms with Crippen molar-refractivity contribution in [2.45, 2.75) is 0 Å². The predicted octanol–water partition coefficient (Wildman–Crippen LogP) is 1.71. The molecule has 1 aromatic rings. The lowest BCUT2D eigenvalue weighted by molar-refractivity contribution is 0.375. The Morgan fingerprint density at radius 1 is 1.46 bits per heavy atom. The molecule has 0 saturated heterocycles. The maximum Gasteiger partial charge on any atom is 0.145 e. The van der Waals surface area contributed by atoms with Crippen LogP contribution in [-0.2, 0) is 0 Å². The van der Waals surface area contributed by atoms with Gasteiger partial charge in [0.25, 0.3) is 0 Å². The fourth-order valence-corrected chi connectivity index (χ4v) is 0.879. The van der Waals surface area contributed by atoms with Crippen LogP contribution in [0, 0.1) is 0 Å². The maximum atomic E-state index is 5.70. The third-order valence-electron chi connectivity index (χ3n) is 1.49. The van der Waals surface area contributed by atoms with E-state index in [1.165, 1.54) is 0 Å². The zero-order chi connectivity index (χ0) is 9.68. The van der Waals surface area contributed by atoms with Gasteiger partial charge in [-0.3, -0.25) is 4.99 Å². The first-order valence-corrected chi connectivity index (χ1v) is 4.19. The quantitative estimate of drug-likeness (QED) is 0.594. The van der Waals surface area contributed by atoms with Crippen molar-refractivity contribution >= 4 is 17.4 Å². The van der Waals surface area contributed by atoms with Gasteiger partial charge in [-0.25, -0.2) is 0 Å². The van der Waals surface area contributed by atoms with Crippen LogP contribution in [0.15, 0.2) is 29.3 Å². The number of benzene rings is 1.